The largest absolute Gasteiger partial charge is 0.206 e. The van der Waals surface area contributed by atoms with Crippen molar-refractivity contribution in [3.8, 4) is 11.8 Å². The Labute approximate surface area is 126 Å². The van der Waals surface area contributed by atoms with Gasteiger partial charge in [-0.2, -0.15) is 0 Å². The average Bonchev–Trinajstić information content (AvgIpc) is 2.49. The molecular weight excluding hydrogens is 259 g/mol. The highest BCUT2D eigenvalue weighted by atomic mass is 19.1. The predicted molar refractivity (Wildman–Crippen MR) is 87.5 cm³/mol. The minimum atomic E-state index is -0.224. The van der Waals surface area contributed by atoms with E-state index in [9.17, 15) is 4.39 Å². The standard InChI is InChI=1S/C20H19F/c1-3-4-5-6-19-14-13-18(15-20(19)21)12-11-17-9-7-16(2)8-10-17/h5-10,13-15H,3-4H2,1-2H3/b6-5+. The Balaban J connectivity index is 2.15. The van der Waals surface area contributed by atoms with Gasteiger partial charge in [0.15, 0.2) is 0 Å². The molecule has 0 aliphatic carbocycles. The maximum absolute atomic E-state index is 13.9. The number of hydrogen-bond donors (Lipinski definition) is 0. The maximum Gasteiger partial charge on any atom is 0.131 e. The molecule has 2 aromatic rings. The lowest BCUT2D eigenvalue weighted by molar-refractivity contribution is 0.624. The molecule has 0 bridgehead atoms. The molecule has 0 aliphatic rings. The van der Waals surface area contributed by atoms with Crippen molar-refractivity contribution < 1.29 is 4.39 Å². The van der Waals surface area contributed by atoms with Crippen molar-refractivity contribution in [2.24, 2.45) is 0 Å². The molecule has 0 N–H and O–H groups in total. The third kappa shape index (κ3) is 4.61. The number of unbranched alkanes of at least 4 members (excludes halogenated alkanes) is 1. The van der Waals surface area contributed by atoms with Crippen LogP contribution in [0, 0.1) is 24.6 Å². The van der Waals surface area contributed by atoms with E-state index in [-0.39, 0.29) is 5.82 Å². The fourth-order valence-electron chi connectivity index (χ4n) is 1.90. The van der Waals surface area contributed by atoms with Gasteiger partial charge in [0.05, 0.1) is 0 Å². The Morgan fingerprint density at radius 1 is 1.00 bits per heavy atom. The lowest BCUT2D eigenvalue weighted by Crippen LogP contribution is -1.84. The zero-order valence-electron chi connectivity index (χ0n) is 12.5. The number of aryl methyl sites for hydroxylation is 1. The lowest BCUT2D eigenvalue weighted by atomic mass is 10.1. The second-order valence-corrected chi connectivity index (χ2v) is 5.04. The summed E-state index contributed by atoms with van der Waals surface area (Å²) in [6, 6.07) is 13.1. The van der Waals surface area contributed by atoms with Crippen molar-refractivity contribution >= 4 is 6.08 Å². The topological polar surface area (TPSA) is 0 Å². The molecule has 0 nitrogen and oxygen atoms in total. The Bertz CT molecular complexity index is 682. The summed E-state index contributed by atoms with van der Waals surface area (Å²) in [5.74, 6) is 5.83. The van der Waals surface area contributed by atoms with E-state index in [4.69, 9.17) is 0 Å². The van der Waals surface area contributed by atoms with Gasteiger partial charge in [0, 0.05) is 16.7 Å². The summed E-state index contributed by atoms with van der Waals surface area (Å²) in [5, 5.41) is 0. The smallest absolute Gasteiger partial charge is 0.131 e. The monoisotopic (exact) mass is 278 g/mol. The Morgan fingerprint density at radius 2 is 1.67 bits per heavy atom. The van der Waals surface area contributed by atoms with Gasteiger partial charge in [-0.05, 0) is 37.6 Å². The molecule has 0 fully saturated rings. The van der Waals surface area contributed by atoms with Crippen LogP contribution >= 0.6 is 0 Å². The van der Waals surface area contributed by atoms with Gasteiger partial charge in [0.1, 0.15) is 5.82 Å². The molecule has 0 aromatic heterocycles. The highest BCUT2D eigenvalue weighted by Crippen LogP contribution is 2.12. The van der Waals surface area contributed by atoms with Crippen LogP contribution in [0.4, 0.5) is 4.39 Å². The average molecular weight is 278 g/mol. The fraction of sp³-hybridized carbons (Fsp3) is 0.200. The van der Waals surface area contributed by atoms with Crippen molar-refractivity contribution in [3.05, 3.63) is 76.6 Å². The molecule has 0 saturated heterocycles. The number of rotatable bonds is 3. The number of halogens is 1. The summed E-state index contributed by atoms with van der Waals surface area (Å²) in [5.41, 5.74) is 3.45. The van der Waals surface area contributed by atoms with Crippen molar-refractivity contribution in [2.45, 2.75) is 26.7 Å². The van der Waals surface area contributed by atoms with Crippen LogP contribution in [-0.2, 0) is 0 Å². The van der Waals surface area contributed by atoms with Gasteiger partial charge in [-0.1, -0.05) is 61.1 Å². The number of benzene rings is 2. The molecule has 106 valence electrons. The summed E-state index contributed by atoms with van der Waals surface area (Å²) >= 11 is 0. The minimum Gasteiger partial charge on any atom is -0.206 e. The lowest BCUT2D eigenvalue weighted by Gasteiger charge is -1.98. The van der Waals surface area contributed by atoms with Crippen LogP contribution in [-0.4, -0.2) is 0 Å². The van der Waals surface area contributed by atoms with Crippen molar-refractivity contribution in [1.29, 1.82) is 0 Å². The first-order valence-electron chi connectivity index (χ1n) is 7.24. The van der Waals surface area contributed by atoms with Crippen LogP contribution in [0.25, 0.3) is 6.08 Å². The summed E-state index contributed by atoms with van der Waals surface area (Å²) in [6.45, 7) is 4.14. The summed E-state index contributed by atoms with van der Waals surface area (Å²) in [4.78, 5) is 0. The first-order chi connectivity index (χ1) is 10.2. The second-order valence-electron chi connectivity index (χ2n) is 5.04. The van der Waals surface area contributed by atoms with Crippen molar-refractivity contribution in [3.63, 3.8) is 0 Å². The number of allylic oxidation sites excluding steroid dienone is 1. The second kappa shape index (κ2) is 7.45. The van der Waals surface area contributed by atoms with Gasteiger partial charge in [-0.25, -0.2) is 4.39 Å². The van der Waals surface area contributed by atoms with Gasteiger partial charge in [-0.3, -0.25) is 0 Å². The highest BCUT2D eigenvalue weighted by molar-refractivity contribution is 5.53. The predicted octanol–water partition coefficient (Wildman–Crippen LogP) is 5.35. The molecule has 2 rings (SSSR count). The van der Waals surface area contributed by atoms with Crippen LogP contribution in [0.15, 0.2) is 48.5 Å². The van der Waals surface area contributed by atoms with Gasteiger partial charge in [0.2, 0.25) is 0 Å². The highest BCUT2D eigenvalue weighted by Gasteiger charge is 1.99. The molecule has 0 saturated carbocycles. The third-order valence-corrected chi connectivity index (χ3v) is 3.16. The van der Waals surface area contributed by atoms with Gasteiger partial charge < -0.3 is 0 Å². The van der Waals surface area contributed by atoms with E-state index < -0.39 is 0 Å². The van der Waals surface area contributed by atoms with E-state index in [0.717, 1.165) is 18.4 Å². The van der Waals surface area contributed by atoms with E-state index in [1.807, 2.05) is 49.4 Å². The molecule has 1 heteroatoms. The Morgan fingerprint density at radius 3 is 2.33 bits per heavy atom. The quantitative estimate of drug-likeness (QED) is 0.664. The zero-order valence-corrected chi connectivity index (χ0v) is 12.5. The molecule has 2 aromatic carbocycles. The molecule has 0 atom stereocenters. The Kier molecular flexibility index (Phi) is 5.35. The normalized spacial score (nSPS) is 10.4. The van der Waals surface area contributed by atoms with E-state index in [0.29, 0.717) is 11.1 Å². The molecule has 0 amide bonds. The fourth-order valence-corrected chi connectivity index (χ4v) is 1.90. The van der Waals surface area contributed by atoms with E-state index >= 15 is 0 Å². The minimum absolute atomic E-state index is 0.224. The van der Waals surface area contributed by atoms with E-state index in [1.165, 1.54) is 11.6 Å². The van der Waals surface area contributed by atoms with E-state index in [2.05, 4.69) is 18.8 Å². The van der Waals surface area contributed by atoms with Crippen LogP contribution in [0.2, 0.25) is 0 Å². The van der Waals surface area contributed by atoms with Crippen LogP contribution < -0.4 is 0 Å². The molecule has 0 radical (unpaired) electrons. The maximum atomic E-state index is 13.9. The van der Waals surface area contributed by atoms with Crippen molar-refractivity contribution in [1.82, 2.24) is 0 Å². The summed E-state index contributed by atoms with van der Waals surface area (Å²) in [7, 11) is 0. The number of hydrogen-bond acceptors (Lipinski definition) is 0. The van der Waals surface area contributed by atoms with Crippen LogP contribution in [0.3, 0.4) is 0 Å². The van der Waals surface area contributed by atoms with Gasteiger partial charge >= 0.3 is 0 Å². The molecular formula is C20H19F. The van der Waals surface area contributed by atoms with Gasteiger partial charge in [0.25, 0.3) is 0 Å². The molecule has 0 unspecified atom stereocenters. The van der Waals surface area contributed by atoms with E-state index in [1.54, 1.807) is 6.07 Å². The first kappa shape index (κ1) is 15.1. The summed E-state index contributed by atoms with van der Waals surface area (Å²) < 4.78 is 13.9. The summed E-state index contributed by atoms with van der Waals surface area (Å²) in [6.07, 6.45) is 5.86. The zero-order chi connectivity index (χ0) is 15.1. The van der Waals surface area contributed by atoms with Crippen LogP contribution in [0.5, 0.6) is 0 Å². The first-order valence-corrected chi connectivity index (χ1v) is 7.24. The van der Waals surface area contributed by atoms with Crippen LogP contribution in [0.1, 0.15) is 42.0 Å². The van der Waals surface area contributed by atoms with Gasteiger partial charge in [-0.15, -0.1) is 0 Å². The molecule has 0 spiro atoms. The Hall–Kier alpha value is -2.33. The molecule has 0 aliphatic heterocycles. The van der Waals surface area contributed by atoms with Crippen molar-refractivity contribution in [2.75, 3.05) is 0 Å². The SMILES string of the molecule is CCC/C=C/c1ccc(C#Cc2ccc(C)cc2)cc1F. The molecule has 0 heterocycles. The third-order valence-electron chi connectivity index (χ3n) is 3.16. The molecule has 21 heavy (non-hydrogen) atoms.